The van der Waals surface area contributed by atoms with Crippen molar-refractivity contribution in [2.24, 2.45) is 0 Å². The third-order valence-electron chi connectivity index (χ3n) is 2.49. The highest BCUT2D eigenvalue weighted by molar-refractivity contribution is 9.10. The Bertz CT molecular complexity index is 493. The van der Waals surface area contributed by atoms with E-state index >= 15 is 0 Å². The highest BCUT2D eigenvalue weighted by atomic mass is 79.9. The van der Waals surface area contributed by atoms with Crippen LogP contribution < -0.4 is 4.74 Å². The van der Waals surface area contributed by atoms with Gasteiger partial charge in [0.25, 0.3) is 0 Å². The number of ether oxygens (including phenoxy) is 2. The van der Waals surface area contributed by atoms with E-state index in [-0.39, 0.29) is 12.5 Å². The summed E-state index contributed by atoms with van der Waals surface area (Å²) < 4.78 is 24.2. The second kappa shape index (κ2) is 7.14. The van der Waals surface area contributed by atoms with Gasteiger partial charge in [0.2, 0.25) is 5.82 Å². The zero-order valence-electron chi connectivity index (χ0n) is 11.6. The first kappa shape index (κ1) is 17.1. The number of hydrogen-bond acceptors (Lipinski definition) is 4. The molecule has 0 bridgehead atoms. The summed E-state index contributed by atoms with van der Waals surface area (Å²) >= 11 is 3.10. The average Bonchev–Trinajstić information content (AvgIpc) is 2.29. The van der Waals surface area contributed by atoms with E-state index in [1.165, 1.54) is 0 Å². The Hall–Kier alpha value is -0.993. The lowest BCUT2D eigenvalue weighted by molar-refractivity contribution is -0.387. The van der Waals surface area contributed by atoms with Crippen LogP contribution in [0.2, 0.25) is 25.7 Å². The molecule has 1 rings (SSSR count). The van der Waals surface area contributed by atoms with Crippen LogP contribution in [0.5, 0.6) is 5.75 Å². The molecule has 0 fully saturated rings. The van der Waals surface area contributed by atoms with Crippen LogP contribution in [0.4, 0.5) is 10.1 Å². The van der Waals surface area contributed by atoms with Crippen molar-refractivity contribution in [1.29, 1.82) is 0 Å². The van der Waals surface area contributed by atoms with Gasteiger partial charge in [-0.05, 0) is 28.0 Å². The lowest BCUT2D eigenvalue weighted by Gasteiger charge is -2.15. The van der Waals surface area contributed by atoms with Gasteiger partial charge >= 0.3 is 5.69 Å². The Balaban J connectivity index is 2.56. The minimum Gasteiger partial charge on any atom is -0.466 e. The lowest BCUT2D eigenvalue weighted by atomic mass is 10.3. The molecule has 0 saturated carbocycles. The van der Waals surface area contributed by atoms with Crippen LogP contribution in [-0.4, -0.2) is 26.4 Å². The molecule has 0 spiro atoms. The molecule has 0 radical (unpaired) electrons. The number of nitrogens with zero attached hydrogens (tertiary/aromatic N) is 1. The fourth-order valence-corrected chi connectivity index (χ4v) is 2.50. The minimum atomic E-state index is -1.16. The minimum absolute atomic E-state index is 0.0220. The van der Waals surface area contributed by atoms with Crippen molar-refractivity contribution in [2.45, 2.75) is 25.7 Å². The van der Waals surface area contributed by atoms with Crippen molar-refractivity contribution < 1.29 is 18.8 Å². The molecule has 0 atom stereocenters. The van der Waals surface area contributed by atoms with Crippen molar-refractivity contribution in [3.63, 3.8) is 0 Å². The smallest absolute Gasteiger partial charge is 0.308 e. The number of rotatable bonds is 7. The van der Waals surface area contributed by atoms with Crippen molar-refractivity contribution >= 4 is 29.7 Å². The molecule has 0 aromatic heterocycles. The molecule has 8 heteroatoms. The van der Waals surface area contributed by atoms with E-state index in [4.69, 9.17) is 9.47 Å². The van der Waals surface area contributed by atoms with Gasteiger partial charge in [-0.15, -0.1) is 0 Å². The van der Waals surface area contributed by atoms with Gasteiger partial charge in [-0.2, -0.15) is 4.39 Å². The lowest BCUT2D eigenvalue weighted by Crippen LogP contribution is -2.22. The van der Waals surface area contributed by atoms with Gasteiger partial charge in [0.05, 0.1) is 15.5 Å². The summed E-state index contributed by atoms with van der Waals surface area (Å²) in [6.07, 6.45) is 0. The molecule has 5 nitrogen and oxygen atoms in total. The third kappa shape index (κ3) is 5.56. The predicted octanol–water partition coefficient (Wildman–Crippen LogP) is 4.19. The monoisotopic (exact) mass is 365 g/mol. The zero-order valence-corrected chi connectivity index (χ0v) is 14.2. The Kier molecular flexibility index (Phi) is 6.09. The van der Waals surface area contributed by atoms with E-state index in [0.29, 0.717) is 11.1 Å². The SMILES string of the molecule is C[Si](C)(C)CCOCOc1cc([N+](=O)[O-])c(F)cc1Br. The molecule has 0 heterocycles. The van der Waals surface area contributed by atoms with Crippen LogP contribution in [-0.2, 0) is 4.74 Å². The van der Waals surface area contributed by atoms with Crippen LogP contribution >= 0.6 is 15.9 Å². The first-order valence-corrected chi connectivity index (χ1v) is 10.5. The van der Waals surface area contributed by atoms with Crippen LogP contribution in [0.25, 0.3) is 0 Å². The molecule has 0 N–H and O–H groups in total. The first-order valence-electron chi connectivity index (χ1n) is 6.05. The van der Waals surface area contributed by atoms with Crippen molar-refractivity contribution in [1.82, 2.24) is 0 Å². The molecule has 0 saturated heterocycles. The van der Waals surface area contributed by atoms with Crippen molar-refractivity contribution in [2.75, 3.05) is 13.4 Å². The largest absolute Gasteiger partial charge is 0.466 e. The molecule has 1 aromatic carbocycles. The summed E-state index contributed by atoms with van der Waals surface area (Å²) in [5.74, 6) is -0.722. The molecule has 112 valence electrons. The summed E-state index contributed by atoms with van der Waals surface area (Å²) in [6, 6.07) is 3.05. The normalized spacial score (nSPS) is 11.4. The summed E-state index contributed by atoms with van der Waals surface area (Å²) in [4.78, 5) is 9.85. The molecule has 0 unspecified atom stereocenters. The van der Waals surface area contributed by atoms with Crippen LogP contribution in [0.1, 0.15) is 0 Å². The van der Waals surface area contributed by atoms with Crippen LogP contribution in [0.3, 0.4) is 0 Å². The number of nitro benzene ring substituents is 1. The van der Waals surface area contributed by atoms with Gasteiger partial charge in [0.1, 0.15) is 5.75 Å². The second-order valence-electron chi connectivity index (χ2n) is 5.47. The van der Waals surface area contributed by atoms with E-state index in [2.05, 4.69) is 35.6 Å². The first-order chi connectivity index (χ1) is 9.20. The van der Waals surface area contributed by atoms with E-state index in [0.717, 1.165) is 18.2 Å². The second-order valence-corrected chi connectivity index (χ2v) is 11.9. The number of nitro groups is 1. The van der Waals surface area contributed by atoms with E-state index < -0.39 is 24.5 Å². The third-order valence-corrected chi connectivity index (χ3v) is 4.82. The van der Waals surface area contributed by atoms with Gasteiger partial charge in [0.15, 0.2) is 6.79 Å². The molecule has 0 aliphatic rings. The maximum absolute atomic E-state index is 13.3. The Morgan fingerprint density at radius 3 is 2.60 bits per heavy atom. The molecular weight excluding hydrogens is 349 g/mol. The maximum Gasteiger partial charge on any atom is 0.308 e. The quantitative estimate of drug-likeness (QED) is 0.239. The maximum atomic E-state index is 13.3. The summed E-state index contributed by atoms with van der Waals surface area (Å²) in [5, 5.41) is 10.6. The van der Waals surface area contributed by atoms with E-state index in [1.807, 2.05) is 0 Å². The topological polar surface area (TPSA) is 61.6 Å². The zero-order chi connectivity index (χ0) is 15.3. The van der Waals surface area contributed by atoms with E-state index in [9.17, 15) is 14.5 Å². The number of halogens is 2. The molecule has 0 amide bonds. The Labute approximate surface area is 126 Å². The molecular formula is C12H17BrFNO4Si. The summed E-state index contributed by atoms with van der Waals surface area (Å²) in [5.41, 5.74) is -0.620. The van der Waals surface area contributed by atoms with Gasteiger partial charge < -0.3 is 9.47 Å². The van der Waals surface area contributed by atoms with Crippen molar-refractivity contribution in [3.05, 3.63) is 32.5 Å². The highest BCUT2D eigenvalue weighted by Gasteiger charge is 2.18. The van der Waals surface area contributed by atoms with Gasteiger partial charge in [-0.25, -0.2) is 0 Å². The number of benzene rings is 1. The van der Waals surface area contributed by atoms with Crippen molar-refractivity contribution in [3.8, 4) is 5.75 Å². The molecule has 1 aromatic rings. The standard InChI is InChI=1S/C12H17BrFNO4Si/c1-20(2,3)5-4-18-8-19-12-7-11(15(16)17)10(14)6-9(12)13/h6-7H,4-5,8H2,1-3H3. The van der Waals surface area contributed by atoms with E-state index in [1.54, 1.807) is 0 Å². The summed E-state index contributed by atoms with van der Waals surface area (Å²) in [6.45, 7) is 7.26. The predicted molar refractivity (Wildman–Crippen MR) is 80.4 cm³/mol. The van der Waals surface area contributed by atoms with Crippen LogP contribution in [0.15, 0.2) is 16.6 Å². The molecule has 0 aliphatic heterocycles. The van der Waals surface area contributed by atoms with Gasteiger partial charge in [0, 0.05) is 14.7 Å². The Morgan fingerprint density at radius 2 is 2.05 bits per heavy atom. The fourth-order valence-electron chi connectivity index (χ4n) is 1.31. The van der Waals surface area contributed by atoms with Crippen LogP contribution in [0, 0.1) is 15.9 Å². The Morgan fingerprint density at radius 1 is 1.40 bits per heavy atom. The molecule has 0 aliphatic carbocycles. The highest BCUT2D eigenvalue weighted by Crippen LogP contribution is 2.31. The fraction of sp³-hybridized carbons (Fsp3) is 0.500. The number of hydrogen-bond donors (Lipinski definition) is 0. The van der Waals surface area contributed by atoms with Gasteiger partial charge in [-0.1, -0.05) is 19.6 Å². The summed E-state index contributed by atoms with van der Waals surface area (Å²) in [7, 11) is -1.16. The average molecular weight is 366 g/mol. The molecule has 20 heavy (non-hydrogen) atoms. The van der Waals surface area contributed by atoms with Gasteiger partial charge in [-0.3, -0.25) is 10.1 Å².